The molecule has 0 spiro atoms. The largest absolute Gasteiger partial charge is 0.309 e. The van der Waals surface area contributed by atoms with Gasteiger partial charge in [0, 0.05) is 37.9 Å². The van der Waals surface area contributed by atoms with E-state index in [1.165, 1.54) is 31.5 Å². The van der Waals surface area contributed by atoms with Crippen molar-refractivity contribution in [1.29, 1.82) is 0 Å². The molecule has 1 aromatic rings. The van der Waals surface area contributed by atoms with Crippen LogP contribution in [0.15, 0.2) is 12.4 Å². The predicted octanol–water partition coefficient (Wildman–Crippen LogP) is 0.604. The van der Waals surface area contributed by atoms with Gasteiger partial charge in [0.1, 0.15) is 0 Å². The van der Waals surface area contributed by atoms with Crippen LogP contribution >= 0.6 is 0 Å². The molecule has 0 aliphatic carbocycles. The van der Waals surface area contributed by atoms with E-state index in [0.29, 0.717) is 6.04 Å². The minimum Gasteiger partial charge on any atom is -0.309 e. The standard InChI is InChI=1S/C11H20N4/c1-14-5-3-4-11(9-14)12-6-10-7-13-15(2)8-10/h7-8,11-12H,3-6,9H2,1-2H3. The maximum absolute atomic E-state index is 4.16. The van der Waals surface area contributed by atoms with Crippen molar-refractivity contribution in [3.63, 3.8) is 0 Å². The number of aromatic nitrogens is 2. The second-order valence-electron chi connectivity index (χ2n) is 4.50. The number of nitrogens with zero attached hydrogens (tertiary/aromatic N) is 3. The highest BCUT2D eigenvalue weighted by Crippen LogP contribution is 2.08. The summed E-state index contributed by atoms with van der Waals surface area (Å²) in [5.74, 6) is 0. The fourth-order valence-corrected chi connectivity index (χ4v) is 2.16. The van der Waals surface area contributed by atoms with E-state index in [4.69, 9.17) is 0 Å². The van der Waals surface area contributed by atoms with Crippen LogP contribution in [0.3, 0.4) is 0 Å². The van der Waals surface area contributed by atoms with E-state index < -0.39 is 0 Å². The first kappa shape index (κ1) is 10.6. The van der Waals surface area contributed by atoms with E-state index >= 15 is 0 Å². The number of nitrogens with one attached hydrogen (secondary N) is 1. The molecule has 1 N–H and O–H groups in total. The summed E-state index contributed by atoms with van der Waals surface area (Å²) >= 11 is 0. The summed E-state index contributed by atoms with van der Waals surface area (Å²) < 4.78 is 1.85. The van der Waals surface area contributed by atoms with Crippen LogP contribution in [0.1, 0.15) is 18.4 Å². The second-order valence-corrected chi connectivity index (χ2v) is 4.50. The first-order valence-corrected chi connectivity index (χ1v) is 5.63. The number of likely N-dealkylation sites (N-methyl/N-ethyl adjacent to an activating group) is 1. The van der Waals surface area contributed by atoms with E-state index in [0.717, 1.165) is 6.54 Å². The van der Waals surface area contributed by atoms with Crippen LogP contribution in [0.2, 0.25) is 0 Å². The fraction of sp³-hybridized carbons (Fsp3) is 0.727. The third-order valence-electron chi connectivity index (χ3n) is 2.98. The van der Waals surface area contributed by atoms with Gasteiger partial charge in [-0.05, 0) is 26.4 Å². The van der Waals surface area contributed by atoms with E-state index in [1.54, 1.807) is 0 Å². The van der Waals surface area contributed by atoms with Gasteiger partial charge in [-0.2, -0.15) is 5.10 Å². The smallest absolute Gasteiger partial charge is 0.0534 e. The van der Waals surface area contributed by atoms with Crippen LogP contribution in [0.5, 0.6) is 0 Å². The Balaban J connectivity index is 1.77. The number of likely N-dealkylation sites (tertiary alicyclic amines) is 1. The minimum absolute atomic E-state index is 0.643. The number of aryl methyl sites for hydroxylation is 1. The molecule has 84 valence electrons. The Labute approximate surface area is 91.3 Å². The molecule has 2 heterocycles. The highest BCUT2D eigenvalue weighted by molar-refractivity contribution is 5.03. The van der Waals surface area contributed by atoms with Gasteiger partial charge in [-0.3, -0.25) is 4.68 Å². The molecule has 2 rings (SSSR count). The topological polar surface area (TPSA) is 33.1 Å². The summed E-state index contributed by atoms with van der Waals surface area (Å²) in [5, 5.41) is 7.75. The summed E-state index contributed by atoms with van der Waals surface area (Å²) in [6, 6.07) is 0.643. The first-order valence-electron chi connectivity index (χ1n) is 5.63. The minimum atomic E-state index is 0.643. The van der Waals surface area contributed by atoms with Crippen LogP contribution in [0, 0.1) is 0 Å². The van der Waals surface area contributed by atoms with Gasteiger partial charge in [-0.15, -0.1) is 0 Å². The Bertz CT molecular complexity index is 307. The molecule has 1 saturated heterocycles. The van der Waals surface area contributed by atoms with Crippen molar-refractivity contribution >= 4 is 0 Å². The Kier molecular flexibility index (Phi) is 3.38. The maximum Gasteiger partial charge on any atom is 0.0534 e. The Morgan fingerprint density at radius 1 is 1.53 bits per heavy atom. The third-order valence-corrected chi connectivity index (χ3v) is 2.98. The van der Waals surface area contributed by atoms with Crippen molar-refractivity contribution < 1.29 is 0 Å². The third kappa shape index (κ3) is 3.04. The summed E-state index contributed by atoms with van der Waals surface area (Å²) in [6.07, 6.45) is 6.60. The lowest BCUT2D eigenvalue weighted by atomic mass is 10.1. The Hall–Kier alpha value is -0.870. The first-order chi connectivity index (χ1) is 7.24. The van der Waals surface area contributed by atoms with Crippen LogP contribution in [-0.2, 0) is 13.6 Å². The van der Waals surface area contributed by atoms with Crippen molar-refractivity contribution in [2.75, 3.05) is 20.1 Å². The van der Waals surface area contributed by atoms with Crippen molar-refractivity contribution in [3.05, 3.63) is 18.0 Å². The number of piperidine rings is 1. The van der Waals surface area contributed by atoms with E-state index in [9.17, 15) is 0 Å². The zero-order valence-electron chi connectivity index (χ0n) is 9.61. The molecule has 1 aliphatic heterocycles. The van der Waals surface area contributed by atoms with E-state index in [-0.39, 0.29) is 0 Å². The molecule has 4 nitrogen and oxygen atoms in total. The summed E-state index contributed by atoms with van der Waals surface area (Å²) in [4.78, 5) is 2.39. The molecule has 1 atom stereocenters. The van der Waals surface area contributed by atoms with E-state index in [1.807, 2.05) is 17.9 Å². The molecule has 0 saturated carbocycles. The maximum atomic E-state index is 4.16. The van der Waals surface area contributed by atoms with Crippen molar-refractivity contribution in [2.24, 2.45) is 7.05 Å². The molecule has 0 amide bonds. The number of rotatable bonds is 3. The Morgan fingerprint density at radius 2 is 2.40 bits per heavy atom. The lowest BCUT2D eigenvalue weighted by Crippen LogP contribution is -2.43. The monoisotopic (exact) mass is 208 g/mol. The fourth-order valence-electron chi connectivity index (χ4n) is 2.16. The number of hydrogen-bond donors (Lipinski definition) is 1. The average molecular weight is 208 g/mol. The molecular formula is C11H20N4. The van der Waals surface area contributed by atoms with Gasteiger partial charge in [-0.25, -0.2) is 0 Å². The van der Waals surface area contributed by atoms with Crippen LogP contribution in [0.4, 0.5) is 0 Å². The van der Waals surface area contributed by atoms with Crippen molar-refractivity contribution in [1.82, 2.24) is 20.0 Å². The van der Waals surface area contributed by atoms with Gasteiger partial charge >= 0.3 is 0 Å². The number of hydrogen-bond acceptors (Lipinski definition) is 3. The average Bonchev–Trinajstić information content (AvgIpc) is 2.62. The molecular weight excluding hydrogens is 188 g/mol. The highest BCUT2D eigenvalue weighted by atomic mass is 15.2. The quantitative estimate of drug-likeness (QED) is 0.790. The van der Waals surface area contributed by atoms with Crippen molar-refractivity contribution in [3.8, 4) is 0 Å². The second kappa shape index (κ2) is 4.77. The van der Waals surface area contributed by atoms with Gasteiger partial charge in [0.15, 0.2) is 0 Å². The molecule has 1 aromatic heterocycles. The van der Waals surface area contributed by atoms with Gasteiger partial charge in [0.2, 0.25) is 0 Å². The highest BCUT2D eigenvalue weighted by Gasteiger charge is 2.16. The Morgan fingerprint density at radius 3 is 3.07 bits per heavy atom. The van der Waals surface area contributed by atoms with Crippen LogP contribution < -0.4 is 5.32 Å². The summed E-state index contributed by atoms with van der Waals surface area (Å²) in [5.41, 5.74) is 1.27. The summed E-state index contributed by atoms with van der Waals surface area (Å²) in [6.45, 7) is 3.34. The van der Waals surface area contributed by atoms with Gasteiger partial charge in [0.25, 0.3) is 0 Å². The summed E-state index contributed by atoms with van der Waals surface area (Å²) in [7, 11) is 4.15. The zero-order chi connectivity index (χ0) is 10.7. The molecule has 4 heteroatoms. The zero-order valence-corrected chi connectivity index (χ0v) is 9.61. The van der Waals surface area contributed by atoms with Gasteiger partial charge in [0.05, 0.1) is 6.20 Å². The molecule has 1 unspecified atom stereocenters. The lowest BCUT2D eigenvalue weighted by Gasteiger charge is -2.30. The molecule has 0 aromatic carbocycles. The molecule has 0 radical (unpaired) electrons. The molecule has 1 aliphatic rings. The molecule has 15 heavy (non-hydrogen) atoms. The SMILES string of the molecule is CN1CCCC(NCc2cnn(C)c2)C1. The van der Waals surface area contributed by atoms with Gasteiger partial charge < -0.3 is 10.2 Å². The molecule has 1 fully saturated rings. The predicted molar refractivity (Wildman–Crippen MR) is 60.6 cm³/mol. The van der Waals surface area contributed by atoms with Gasteiger partial charge in [-0.1, -0.05) is 0 Å². The lowest BCUT2D eigenvalue weighted by molar-refractivity contribution is 0.226. The van der Waals surface area contributed by atoms with Crippen molar-refractivity contribution in [2.45, 2.75) is 25.4 Å². The van der Waals surface area contributed by atoms with Crippen LogP contribution in [0.25, 0.3) is 0 Å². The van der Waals surface area contributed by atoms with E-state index in [2.05, 4.69) is 28.6 Å². The normalized spacial score (nSPS) is 23.2. The van der Waals surface area contributed by atoms with Crippen LogP contribution in [-0.4, -0.2) is 40.9 Å². The molecule has 0 bridgehead atoms.